The normalized spacial score (nSPS) is 17.7. The van der Waals surface area contributed by atoms with Crippen LogP contribution in [-0.2, 0) is 14.8 Å². The van der Waals surface area contributed by atoms with Crippen molar-refractivity contribution in [2.75, 3.05) is 19.4 Å². The molecule has 1 aliphatic carbocycles. The van der Waals surface area contributed by atoms with E-state index >= 15 is 0 Å². The van der Waals surface area contributed by atoms with Crippen molar-refractivity contribution >= 4 is 21.6 Å². The fourth-order valence-corrected chi connectivity index (χ4v) is 3.63. The Morgan fingerprint density at radius 1 is 1.30 bits per heavy atom. The molecule has 1 N–H and O–H groups in total. The predicted octanol–water partition coefficient (Wildman–Crippen LogP) is 2.85. The summed E-state index contributed by atoms with van der Waals surface area (Å²) in [6, 6.07) is 3.18. The lowest BCUT2D eigenvalue weighted by Crippen LogP contribution is -2.23. The zero-order valence-corrected chi connectivity index (χ0v) is 14.9. The molecule has 0 saturated carbocycles. The molecule has 0 aromatic heterocycles. The number of aryl methyl sites for hydroxylation is 1. The third-order valence-corrected chi connectivity index (χ3v) is 6.05. The summed E-state index contributed by atoms with van der Waals surface area (Å²) >= 11 is 0. The summed E-state index contributed by atoms with van der Waals surface area (Å²) in [4.78, 5) is 12.4. The molecule has 126 valence electrons. The van der Waals surface area contributed by atoms with Crippen molar-refractivity contribution in [3.05, 3.63) is 35.4 Å². The van der Waals surface area contributed by atoms with Crippen LogP contribution in [0, 0.1) is 19.8 Å². The van der Waals surface area contributed by atoms with Gasteiger partial charge in [0.05, 0.1) is 4.90 Å². The van der Waals surface area contributed by atoms with Gasteiger partial charge in [-0.15, -0.1) is 0 Å². The first-order valence-corrected chi connectivity index (χ1v) is 9.16. The number of nitrogens with one attached hydrogen (secondary N) is 1. The molecule has 1 amide bonds. The maximum Gasteiger partial charge on any atom is 0.242 e. The van der Waals surface area contributed by atoms with Gasteiger partial charge < -0.3 is 5.32 Å². The molecule has 6 heteroatoms. The van der Waals surface area contributed by atoms with Crippen molar-refractivity contribution in [2.24, 2.45) is 5.92 Å². The lowest BCUT2D eigenvalue weighted by atomic mass is 10.0. The zero-order valence-electron chi connectivity index (χ0n) is 14.1. The van der Waals surface area contributed by atoms with Gasteiger partial charge in [-0.05, 0) is 55.9 Å². The van der Waals surface area contributed by atoms with Gasteiger partial charge in [-0.25, -0.2) is 12.7 Å². The van der Waals surface area contributed by atoms with Crippen LogP contribution in [0.15, 0.2) is 29.2 Å². The Morgan fingerprint density at radius 2 is 2.00 bits per heavy atom. The first kappa shape index (κ1) is 17.7. The van der Waals surface area contributed by atoms with Crippen molar-refractivity contribution in [2.45, 2.75) is 38.0 Å². The molecule has 5 nitrogen and oxygen atoms in total. The van der Waals surface area contributed by atoms with Crippen molar-refractivity contribution < 1.29 is 13.2 Å². The maximum atomic E-state index is 12.3. The fraction of sp³-hybridized carbons (Fsp3) is 0.471. The molecular weight excluding hydrogens is 312 g/mol. The van der Waals surface area contributed by atoms with Gasteiger partial charge in [0.25, 0.3) is 0 Å². The number of hydrogen-bond acceptors (Lipinski definition) is 3. The van der Waals surface area contributed by atoms with Crippen LogP contribution < -0.4 is 5.32 Å². The highest BCUT2D eigenvalue weighted by molar-refractivity contribution is 7.89. The van der Waals surface area contributed by atoms with Crippen LogP contribution >= 0.6 is 0 Å². The summed E-state index contributed by atoms with van der Waals surface area (Å²) in [6.45, 7) is 3.73. The van der Waals surface area contributed by atoms with Crippen molar-refractivity contribution in [1.29, 1.82) is 0 Å². The number of carbonyl (C=O) groups is 1. The molecule has 0 fully saturated rings. The summed E-state index contributed by atoms with van der Waals surface area (Å²) in [5.74, 6) is 0.202. The first-order valence-electron chi connectivity index (χ1n) is 7.72. The van der Waals surface area contributed by atoms with Crippen LogP contribution in [0.1, 0.15) is 30.4 Å². The molecule has 0 saturated heterocycles. The Labute approximate surface area is 138 Å². The van der Waals surface area contributed by atoms with E-state index < -0.39 is 10.0 Å². The van der Waals surface area contributed by atoms with Crippen LogP contribution in [-0.4, -0.2) is 32.7 Å². The van der Waals surface area contributed by atoms with E-state index in [1.54, 1.807) is 12.1 Å². The van der Waals surface area contributed by atoms with E-state index in [2.05, 4.69) is 17.5 Å². The monoisotopic (exact) mass is 336 g/mol. The molecule has 1 aliphatic rings. The van der Waals surface area contributed by atoms with Crippen molar-refractivity contribution in [3.63, 3.8) is 0 Å². The molecule has 0 heterocycles. The SMILES string of the molecule is Cc1cc(S(=O)(=O)N(C)C)cc(NC(=O)C[C@@H]2C=CCC2)c1C. The Kier molecular flexibility index (Phi) is 5.26. The minimum Gasteiger partial charge on any atom is -0.326 e. The number of allylic oxidation sites excluding steroid dienone is 2. The van der Waals surface area contributed by atoms with Gasteiger partial charge in [0.2, 0.25) is 15.9 Å². The average molecular weight is 336 g/mol. The smallest absolute Gasteiger partial charge is 0.242 e. The number of nitrogens with zero attached hydrogens (tertiary/aromatic N) is 1. The average Bonchev–Trinajstić information content (AvgIpc) is 2.96. The van der Waals surface area contributed by atoms with E-state index in [1.165, 1.54) is 18.4 Å². The highest BCUT2D eigenvalue weighted by Crippen LogP contribution is 2.27. The zero-order chi connectivity index (χ0) is 17.2. The number of anilines is 1. The van der Waals surface area contributed by atoms with Gasteiger partial charge in [0.1, 0.15) is 0 Å². The van der Waals surface area contributed by atoms with Gasteiger partial charge in [-0.3, -0.25) is 4.79 Å². The number of amides is 1. The second-order valence-corrected chi connectivity index (χ2v) is 8.37. The first-order chi connectivity index (χ1) is 10.7. The fourth-order valence-electron chi connectivity index (χ4n) is 2.62. The minimum absolute atomic E-state index is 0.0801. The van der Waals surface area contributed by atoms with Gasteiger partial charge >= 0.3 is 0 Å². The molecule has 1 atom stereocenters. The summed E-state index contributed by atoms with van der Waals surface area (Å²) in [5.41, 5.74) is 2.29. The summed E-state index contributed by atoms with van der Waals surface area (Å²) < 4.78 is 25.8. The third kappa shape index (κ3) is 4.00. The standard InChI is InChI=1S/C17H24N2O3S/c1-12-9-15(23(21,22)19(3)4)11-16(13(12)2)18-17(20)10-14-7-5-6-8-14/h5,7,9,11,14H,6,8,10H2,1-4H3,(H,18,20)/t14-/m1/s1. The molecule has 0 spiro atoms. The Morgan fingerprint density at radius 3 is 2.57 bits per heavy atom. The number of carbonyl (C=O) groups excluding carboxylic acids is 1. The minimum atomic E-state index is -3.53. The summed E-state index contributed by atoms with van der Waals surface area (Å²) in [6.07, 6.45) is 6.62. The van der Waals surface area contributed by atoms with Crippen molar-refractivity contribution in [3.8, 4) is 0 Å². The van der Waals surface area contributed by atoms with Crippen LogP contribution in [0.3, 0.4) is 0 Å². The molecule has 0 aliphatic heterocycles. The molecular formula is C17H24N2O3S. The van der Waals surface area contributed by atoms with Crippen LogP contribution in [0.5, 0.6) is 0 Å². The van der Waals surface area contributed by atoms with Crippen LogP contribution in [0.4, 0.5) is 5.69 Å². The maximum absolute atomic E-state index is 12.3. The van der Waals surface area contributed by atoms with E-state index in [0.717, 1.165) is 24.0 Å². The number of rotatable bonds is 5. The largest absolute Gasteiger partial charge is 0.326 e. The van der Waals surface area contributed by atoms with E-state index in [4.69, 9.17) is 0 Å². The molecule has 1 aromatic carbocycles. The van der Waals surface area contributed by atoms with Gasteiger partial charge in [0, 0.05) is 26.2 Å². The predicted molar refractivity (Wildman–Crippen MR) is 91.9 cm³/mol. The number of sulfonamides is 1. The molecule has 1 aromatic rings. The van der Waals surface area contributed by atoms with Gasteiger partial charge in [-0.1, -0.05) is 12.2 Å². The number of benzene rings is 1. The van der Waals surface area contributed by atoms with Crippen molar-refractivity contribution in [1.82, 2.24) is 4.31 Å². The van der Waals surface area contributed by atoms with E-state index in [1.807, 2.05) is 13.8 Å². The lowest BCUT2D eigenvalue weighted by molar-refractivity contribution is -0.116. The van der Waals surface area contributed by atoms with Gasteiger partial charge in [-0.2, -0.15) is 0 Å². The highest BCUT2D eigenvalue weighted by atomic mass is 32.2. The molecule has 0 unspecified atom stereocenters. The van der Waals surface area contributed by atoms with E-state index in [-0.39, 0.29) is 16.7 Å². The topological polar surface area (TPSA) is 66.5 Å². The quantitative estimate of drug-likeness (QED) is 0.841. The second-order valence-electron chi connectivity index (χ2n) is 6.22. The Hall–Kier alpha value is -1.66. The van der Waals surface area contributed by atoms with E-state index in [0.29, 0.717) is 12.1 Å². The van der Waals surface area contributed by atoms with Crippen LogP contribution in [0.2, 0.25) is 0 Å². The lowest BCUT2D eigenvalue weighted by Gasteiger charge is -2.17. The van der Waals surface area contributed by atoms with E-state index in [9.17, 15) is 13.2 Å². The van der Waals surface area contributed by atoms with Gasteiger partial charge in [0.15, 0.2) is 0 Å². The highest BCUT2D eigenvalue weighted by Gasteiger charge is 2.21. The summed E-state index contributed by atoms with van der Waals surface area (Å²) in [5, 5.41) is 2.87. The molecule has 23 heavy (non-hydrogen) atoms. The molecule has 0 bridgehead atoms. The van der Waals surface area contributed by atoms with Crippen LogP contribution in [0.25, 0.3) is 0 Å². The number of hydrogen-bond donors (Lipinski definition) is 1. The third-order valence-electron chi connectivity index (χ3n) is 4.25. The Balaban J connectivity index is 2.25. The molecule has 2 rings (SSSR count). The summed E-state index contributed by atoms with van der Waals surface area (Å²) in [7, 11) is -0.535. The molecule has 0 radical (unpaired) electrons. The second kappa shape index (κ2) is 6.84. The Bertz CT molecular complexity index is 736.